The molecule has 0 aromatic carbocycles. The molecule has 1 N–H and O–H groups in total. The lowest BCUT2D eigenvalue weighted by atomic mass is 10.0. The summed E-state index contributed by atoms with van der Waals surface area (Å²) < 4.78 is 62.1. The van der Waals surface area contributed by atoms with Crippen molar-refractivity contribution in [1.29, 1.82) is 0 Å². The fourth-order valence-electron chi connectivity index (χ4n) is 2.79. The van der Waals surface area contributed by atoms with Gasteiger partial charge in [-0.1, -0.05) is 0 Å². The third-order valence-electron chi connectivity index (χ3n) is 3.93. The number of aromatic amines is 1. The second kappa shape index (κ2) is 6.03. The van der Waals surface area contributed by atoms with Crippen LogP contribution in [0.25, 0.3) is 16.6 Å². The highest BCUT2D eigenvalue weighted by Gasteiger charge is 2.38. The Morgan fingerprint density at radius 3 is 2.80 bits per heavy atom. The maximum absolute atomic E-state index is 12.4. The number of aromatic nitrogens is 2. The Bertz CT molecular complexity index is 934. The monoisotopic (exact) mass is 375 g/mol. The van der Waals surface area contributed by atoms with Crippen molar-refractivity contribution in [3.8, 4) is 0 Å². The minimum absolute atomic E-state index is 0.238. The van der Waals surface area contributed by atoms with Gasteiger partial charge in [0.25, 0.3) is 10.0 Å². The molecular formula is C15H16F3N3O3S. The molecule has 0 radical (unpaired) electrons. The van der Waals surface area contributed by atoms with Crippen molar-refractivity contribution in [2.45, 2.75) is 32.5 Å². The minimum atomic E-state index is -4.55. The number of nitrogens with zero attached hydrogens (tertiary/aromatic N) is 2. The number of nitrogens with one attached hydrogen (secondary N) is 1. The molecule has 6 nitrogen and oxygen atoms in total. The Kier molecular flexibility index (Phi) is 4.28. The predicted octanol–water partition coefficient (Wildman–Crippen LogP) is 3.21. The molecule has 0 fully saturated rings. The van der Waals surface area contributed by atoms with Gasteiger partial charge in [0, 0.05) is 23.5 Å². The number of allylic oxidation sites excluding steroid dienone is 1. The van der Waals surface area contributed by atoms with E-state index in [0.29, 0.717) is 15.6 Å². The highest BCUT2D eigenvalue weighted by atomic mass is 32.2. The molecule has 1 aliphatic rings. The van der Waals surface area contributed by atoms with E-state index in [0.717, 1.165) is 11.0 Å². The smallest absolute Gasteiger partial charge is 0.360 e. The number of hydroxylamine groups is 1. The number of halogens is 3. The predicted molar refractivity (Wildman–Crippen MR) is 85.5 cm³/mol. The zero-order valence-corrected chi connectivity index (χ0v) is 14.3. The van der Waals surface area contributed by atoms with Crippen molar-refractivity contribution in [3.63, 3.8) is 0 Å². The second-order valence-electron chi connectivity index (χ2n) is 5.79. The van der Waals surface area contributed by atoms with Crippen LogP contribution in [-0.2, 0) is 14.9 Å². The minimum Gasteiger partial charge on any atom is -0.360 e. The lowest BCUT2D eigenvalue weighted by Crippen LogP contribution is -2.31. The average Bonchev–Trinajstić information content (AvgIpc) is 3.08. The van der Waals surface area contributed by atoms with Gasteiger partial charge in [0.1, 0.15) is 6.10 Å². The maximum atomic E-state index is 12.4. The molecule has 1 unspecified atom stereocenters. The fourth-order valence-corrected chi connectivity index (χ4v) is 4.23. The zero-order chi connectivity index (χ0) is 18.4. The van der Waals surface area contributed by atoms with Crippen LogP contribution in [0.3, 0.4) is 0 Å². The van der Waals surface area contributed by atoms with Crippen LogP contribution in [0.1, 0.15) is 25.8 Å². The number of pyridine rings is 1. The van der Waals surface area contributed by atoms with E-state index in [1.807, 2.05) is 0 Å². The van der Waals surface area contributed by atoms with E-state index < -0.39 is 34.5 Å². The van der Waals surface area contributed by atoms with E-state index in [4.69, 9.17) is 4.84 Å². The molecule has 0 bridgehead atoms. The normalized spacial score (nSPS) is 19.2. The standard InChI is InChI=1S/C15H16F3N3O3S/c1-9-14(11-7-13-12(20-8-11)3-5-19-13)10(2)24-21(9)25(22,23)6-4-15(16,17)18/h3,5,7-8,10,19H,4,6H2,1-2H3. The van der Waals surface area contributed by atoms with Crippen LogP contribution in [0.5, 0.6) is 0 Å². The number of H-pyrrole nitrogens is 1. The molecule has 2 aromatic rings. The summed E-state index contributed by atoms with van der Waals surface area (Å²) in [5.74, 6) is -1.07. The summed E-state index contributed by atoms with van der Waals surface area (Å²) >= 11 is 0. The number of alkyl halides is 3. The molecule has 1 atom stereocenters. The van der Waals surface area contributed by atoms with E-state index in [9.17, 15) is 21.6 Å². The highest BCUT2D eigenvalue weighted by Crippen LogP contribution is 2.36. The summed E-state index contributed by atoms with van der Waals surface area (Å²) in [6.07, 6.45) is -3.30. The molecule has 2 aromatic heterocycles. The molecule has 136 valence electrons. The van der Waals surface area contributed by atoms with Gasteiger partial charge in [0.15, 0.2) is 0 Å². The topological polar surface area (TPSA) is 75.3 Å². The Labute approximate surface area is 142 Å². The highest BCUT2D eigenvalue weighted by molar-refractivity contribution is 7.89. The molecule has 0 amide bonds. The fraction of sp³-hybridized carbons (Fsp3) is 0.400. The lowest BCUT2D eigenvalue weighted by Gasteiger charge is -2.19. The first-order chi connectivity index (χ1) is 11.6. The Morgan fingerprint density at radius 1 is 1.40 bits per heavy atom. The maximum Gasteiger partial charge on any atom is 0.390 e. The van der Waals surface area contributed by atoms with Crippen LogP contribution >= 0.6 is 0 Å². The van der Waals surface area contributed by atoms with Gasteiger partial charge < -0.3 is 4.98 Å². The molecule has 0 saturated heterocycles. The summed E-state index contributed by atoms with van der Waals surface area (Å²) in [5.41, 5.74) is 2.97. The summed E-state index contributed by atoms with van der Waals surface area (Å²) in [7, 11) is -4.24. The molecule has 3 heterocycles. The van der Waals surface area contributed by atoms with Crippen molar-refractivity contribution in [3.05, 3.63) is 35.8 Å². The van der Waals surface area contributed by atoms with Crippen LogP contribution < -0.4 is 0 Å². The summed E-state index contributed by atoms with van der Waals surface area (Å²) in [6.45, 7) is 3.14. The summed E-state index contributed by atoms with van der Waals surface area (Å²) in [5, 5.41) is 0. The third-order valence-corrected chi connectivity index (χ3v) is 5.51. The summed E-state index contributed by atoms with van der Waals surface area (Å²) in [4.78, 5) is 12.6. The first-order valence-electron chi connectivity index (χ1n) is 7.49. The van der Waals surface area contributed by atoms with Crippen LogP contribution in [0.15, 0.2) is 30.2 Å². The van der Waals surface area contributed by atoms with E-state index >= 15 is 0 Å². The van der Waals surface area contributed by atoms with E-state index in [1.165, 1.54) is 6.92 Å². The zero-order valence-electron chi connectivity index (χ0n) is 13.5. The van der Waals surface area contributed by atoms with Crippen molar-refractivity contribution in [2.24, 2.45) is 0 Å². The van der Waals surface area contributed by atoms with Crippen molar-refractivity contribution in [1.82, 2.24) is 14.4 Å². The molecule has 1 aliphatic heterocycles. The second-order valence-corrected chi connectivity index (χ2v) is 7.69. The Hall–Kier alpha value is -2.07. The molecule has 10 heteroatoms. The Balaban J connectivity index is 1.94. The van der Waals surface area contributed by atoms with Gasteiger partial charge in [-0.3, -0.25) is 9.82 Å². The molecule has 25 heavy (non-hydrogen) atoms. The van der Waals surface area contributed by atoms with Crippen LogP contribution in [0.4, 0.5) is 13.2 Å². The van der Waals surface area contributed by atoms with Crippen molar-refractivity contribution in [2.75, 3.05) is 5.75 Å². The number of hydrogen-bond acceptors (Lipinski definition) is 4. The molecule has 0 spiro atoms. The van der Waals surface area contributed by atoms with Gasteiger partial charge in [0.2, 0.25) is 0 Å². The molecular weight excluding hydrogens is 359 g/mol. The van der Waals surface area contributed by atoms with Crippen LogP contribution in [0.2, 0.25) is 0 Å². The van der Waals surface area contributed by atoms with Crippen molar-refractivity contribution < 1.29 is 26.4 Å². The quantitative estimate of drug-likeness (QED) is 0.890. The SMILES string of the molecule is CC1=C(c2cnc3cc[nH]c3c2)C(C)ON1S(=O)(=O)CCC(F)(F)F. The van der Waals surface area contributed by atoms with Gasteiger partial charge in [-0.25, -0.2) is 8.42 Å². The van der Waals surface area contributed by atoms with E-state index in [-0.39, 0.29) is 5.70 Å². The van der Waals surface area contributed by atoms with Gasteiger partial charge in [0.05, 0.1) is 28.9 Å². The molecule has 0 aliphatic carbocycles. The number of hydrogen-bond donors (Lipinski definition) is 1. The Morgan fingerprint density at radius 2 is 2.12 bits per heavy atom. The number of fused-ring (bicyclic) bond motifs is 1. The van der Waals surface area contributed by atoms with E-state index in [1.54, 1.807) is 31.5 Å². The third kappa shape index (κ3) is 3.49. The van der Waals surface area contributed by atoms with E-state index in [2.05, 4.69) is 9.97 Å². The summed E-state index contributed by atoms with van der Waals surface area (Å²) in [6, 6.07) is 3.59. The largest absolute Gasteiger partial charge is 0.390 e. The van der Waals surface area contributed by atoms with Crippen LogP contribution in [-0.4, -0.2) is 40.9 Å². The number of rotatable bonds is 4. The van der Waals surface area contributed by atoms with Gasteiger partial charge >= 0.3 is 6.18 Å². The number of sulfonamides is 1. The lowest BCUT2D eigenvalue weighted by molar-refractivity contribution is -0.130. The molecule has 0 saturated carbocycles. The first-order valence-corrected chi connectivity index (χ1v) is 9.10. The molecule has 3 rings (SSSR count). The van der Waals surface area contributed by atoms with Gasteiger partial charge in [-0.2, -0.15) is 13.2 Å². The van der Waals surface area contributed by atoms with Crippen molar-refractivity contribution >= 4 is 26.6 Å². The average molecular weight is 375 g/mol. The first kappa shape index (κ1) is 17.7. The van der Waals surface area contributed by atoms with Crippen LogP contribution in [0, 0.1) is 0 Å². The van der Waals surface area contributed by atoms with Gasteiger partial charge in [-0.15, -0.1) is 4.47 Å². The van der Waals surface area contributed by atoms with Gasteiger partial charge in [-0.05, 0) is 26.0 Å².